The van der Waals surface area contributed by atoms with Crippen LogP contribution in [-0.4, -0.2) is 12.6 Å². The van der Waals surface area contributed by atoms with E-state index in [9.17, 15) is 4.79 Å². The molecule has 0 saturated heterocycles. The molecule has 0 radical (unpaired) electrons. The first-order valence-electron chi connectivity index (χ1n) is 5.76. The van der Waals surface area contributed by atoms with Gasteiger partial charge in [-0.15, -0.1) is 5.92 Å². The monoisotopic (exact) mass is 264 g/mol. The predicted molar refractivity (Wildman–Crippen MR) is 72.2 cm³/mol. The average molecular weight is 264 g/mol. The lowest BCUT2D eigenvalue weighted by atomic mass is 10.3. The minimum Gasteiger partial charge on any atom is -0.481 e. The highest BCUT2D eigenvalue weighted by Crippen LogP contribution is 2.24. The van der Waals surface area contributed by atoms with Gasteiger partial charge in [0.25, 0.3) is 0 Å². The Labute approximate surface area is 112 Å². The van der Waals surface area contributed by atoms with Crippen molar-refractivity contribution in [3.05, 3.63) is 24.3 Å². The van der Waals surface area contributed by atoms with E-state index in [4.69, 9.17) is 8.92 Å². The van der Waals surface area contributed by atoms with Crippen LogP contribution in [0.15, 0.2) is 29.2 Å². The summed E-state index contributed by atoms with van der Waals surface area (Å²) in [5.41, 5.74) is 0. The Morgan fingerprint density at radius 1 is 1.44 bits per heavy atom. The topological polar surface area (TPSA) is 35.5 Å². The molecule has 0 unspecified atom stereocenters. The Balaban J connectivity index is 2.47. The van der Waals surface area contributed by atoms with Gasteiger partial charge in [0.05, 0.1) is 16.9 Å². The number of ether oxygens (including phenoxy) is 1. The number of hydrogen-bond donors (Lipinski definition) is 0. The molecule has 0 spiro atoms. The van der Waals surface area contributed by atoms with Gasteiger partial charge in [-0.3, -0.25) is 4.79 Å². The van der Waals surface area contributed by atoms with Gasteiger partial charge in [-0.2, -0.15) is 0 Å². The summed E-state index contributed by atoms with van der Waals surface area (Å²) in [6, 6.07) is 7.38. The van der Waals surface area contributed by atoms with Crippen molar-refractivity contribution in [1.82, 2.24) is 0 Å². The van der Waals surface area contributed by atoms with Gasteiger partial charge in [-0.25, -0.2) is 0 Å². The molecule has 0 aromatic heterocycles. The fourth-order valence-electron chi connectivity index (χ4n) is 1.15. The Hall–Kier alpha value is -1.60. The summed E-state index contributed by atoms with van der Waals surface area (Å²) >= 11 is 1.06. The van der Waals surface area contributed by atoms with Crippen LogP contribution in [-0.2, 0) is 8.98 Å². The molecule has 0 saturated carbocycles. The molecule has 0 aliphatic carbocycles. The molecule has 18 heavy (non-hydrogen) atoms. The van der Waals surface area contributed by atoms with Crippen LogP contribution in [0.1, 0.15) is 26.7 Å². The Bertz CT molecular complexity index is 446. The van der Waals surface area contributed by atoms with Crippen LogP contribution < -0.4 is 4.74 Å². The molecule has 1 rings (SSSR count). The van der Waals surface area contributed by atoms with Crippen molar-refractivity contribution in [2.75, 3.05) is 6.61 Å². The molecule has 0 fully saturated rings. The third-order valence-corrected chi connectivity index (χ3v) is 2.69. The average Bonchev–Trinajstić information content (AvgIpc) is 2.38. The van der Waals surface area contributed by atoms with E-state index in [0.717, 1.165) is 23.4 Å². The quantitative estimate of drug-likeness (QED) is 0.582. The molecular weight excluding hydrogens is 248 g/mol. The fourth-order valence-corrected chi connectivity index (χ4v) is 1.72. The maximum Gasteiger partial charge on any atom is 0.318 e. The van der Waals surface area contributed by atoms with E-state index in [2.05, 4.69) is 11.8 Å². The van der Waals surface area contributed by atoms with E-state index in [-0.39, 0.29) is 5.97 Å². The number of carbonyl (C=O) groups is 1. The van der Waals surface area contributed by atoms with Gasteiger partial charge < -0.3 is 8.92 Å². The molecule has 1 aromatic carbocycles. The summed E-state index contributed by atoms with van der Waals surface area (Å²) in [7, 11) is 0. The van der Waals surface area contributed by atoms with Crippen LogP contribution in [0.3, 0.4) is 0 Å². The van der Waals surface area contributed by atoms with Gasteiger partial charge in [0.1, 0.15) is 12.4 Å². The minimum atomic E-state index is -0.203. The van der Waals surface area contributed by atoms with Crippen molar-refractivity contribution in [3.63, 3.8) is 0 Å². The van der Waals surface area contributed by atoms with Gasteiger partial charge in [-0.05, 0) is 31.5 Å². The van der Waals surface area contributed by atoms with Crippen molar-refractivity contribution < 1.29 is 13.7 Å². The highest BCUT2D eigenvalue weighted by atomic mass is 32.2. The van der Waals surface area contributed by atoms with Gasteiger partial charge >= 0.3 is 5.97 Å². The van der Waals surface area contributed by atoms with Gasteiger partial charge in [0.2, 0.25) is 0 Å². The van der Waals surface area contributed by atoms with Crippen LogP contribution in [0.4, 0.5) is 0 Å². The highest BCUT2D eigenvalue weighted by molar-refractivity contribution is 7.95. The predicted octanol–water partition coefficient (Wildman–Crippen LogP) is 3.44. The van der Waals surface area contributed by atoms with Gasteiger partial charge in [-0.1, -0.05) is 18.9 Å². The first kappa shape index (κ1) is 14.5. The lowest BCUT2D eigenvalue weighted by molar-refractivity contribution is -0.133. The maximum atomic E-state index is 11.2. The summed E-state index contributed by atoms with van der Waals surface area (Å²) in [4.78, 5) is 12.1. The van der Waals surface area contributed by atoms with Crippen LogP contribution in [0.5, 0.6) is 5.75 Å². The van der Waals surface area contributed by atoms with E-state index < -0.39 is 0 Å². The summed E-state index contributed by atoms with van der Waals surface area (Å²) in [6.07, 6.45) is 1.23. The second-order valence-corrected chi connectivity index (χ2v) is 4.28. The molecule has 96 valence electrons. The molecule has 0 aliphatic rings. The smallest absolute Gasteiger partial charge is 0.318 e. The number of rotatable bonds is 6. The van der Waals surface area contributed by atoms with Crippen molar-refractivity contribution in [2.24, 2.45) is 0 Å². The second-order valence-electron chi connectivity index (χ2n) is 3.48. The van der Waals surface area contributed by atoms with Gasteiger partial charge in [0, 0.05) is 6.42 Å². The SMILES string of the molecule is CC#CCOc1cccc(SOC(=O)CCC)c1. The van der Waals surface area contributed by atoms with Gasteiger partial charge in [0.15, 0.2) is 0 Å². The number of carbonyl (C=O) groups excluding carboxylic acids is 1. The Kier molecular flexibility index (Phi) is 6.82. The molecule has 0 bridgehead atoms. The van der Waals surface area contributed by atoms with Crippen LogP contribution in [0.2, 0.25) is 0 Å². The van der Waals surface area contributed by atoms with Crippen molar-refractivity contribution in [2.45, 2.75) is 31.6 Å². The molecule has 0 heterocycles. The molecule has 1 aromatic rings. The van der Waals surface area contributed by atoms with Crippen molar-refractivity contribution in [1.29, 1.82) is 0 Å². The summed E-state index contributed by atoms with van der Waals surface area (Å²) in [5.74, 6) is 6.09. The van der Waals surface area contributed by atoms with E-state index in [1.807, 2.05) is 31.2 Å². The standard InChI is InChI=1S/C14H16O3S/c1-3-5-10-16-12-8-6-9-13(11-12)18-17-14(15)7-4-2/h6,8-9,11H,4,7,10H2,1-2H3. The van der Waals surface area contributed by atoms with Crippen molar-refractivity contribution in [3.8, 4) is 17.6 Å². The Morgan fingerprint density at radius 2 is 2.28 bits per heavy atom. The molecule has 4 heteroatoms. The fraction of sp³-hybridized carbons (Fsp3) is 0.357. The molecule has 0 aliphatic heterocycles. The van der Waals surface area contributed by atoms with E-state index >= 15 is 0 Å². The summed E-state index contributed by atoms with van der Waals surface area (Å²) in [5, 5.41) is 0. The Morgan fingerprint density at radius 3 is 3.00 bits per heavy atom. The maximum absolute atomic E-state index is 11.2. The normalized spacial score (nSPS) is 9.22. The van der Waals surface area contributed by atoms with E-state index in [1.54, 1.807) is 6.92 Å². The summed E-state index contributed by atoms with van der Waals surface area (Å²) in [6.45, 7) is 4.07. The van der Waals surface area contributed by atoms with Crippen LogP contribution in [0, 0.1) is 11.8 Å². The van der Waals surface area contributed by atoms with E-state index in [0.29, 0.717) is 18.8 Å². The van der Waals surface area contributed by atoms with Crippen molar-refractivity contribution >= 4 is 18.0 Å². The lowest BCUT2D eigenvalue weighted by Gasteiger charge is -2.05. The largest absolute Gasteiger partial charge is 0.481 e. The zero-order chi connectivity index (χ0) is 13.2. The third kappa shape index (κ3) is 5.65. The lowest BCUT2D eigenvalue weighted by Crippen LogP contribution is -1.97. The highest BCUT2D eigenvalue weighted by Gasteiger charge is 2.04. The second kappa shape index (κ2) is 8.48. The molecule has 0 N–H and O–H groups in total. The minimum absolute atomic E-state index is 0.203. The first-order chi connectivity index (χ1) is 8.76. The molecular formula is C14H16O3S. The number of benzene rings is 1. The molecule has 3 nitrogen and oxygen atoms in total. The zero-order valence-electron chi connectivity index (χ0n) is 10.6. The summed E-state index contributed by atoms with van der Waals surface area (Å²) < 4.78 is 10.5. The zero-order valence-corrected chi connectivity index (χ0v) is 11.4. The first-order valence-corrected chi connectivity index (χ1v) is 6.50. The van der Waals surface area contributed by atoms with Crippen LogP contribution >= 0.6 is 12.0 Å². The van der Waals surface area contributed by atoms with Crippen LogP contribution in [0.25, 0.3) is 0 Å². The number of hydrogen-bond acceptors (Lipinski definition) is 4. The molecule has 0 amide bonds. The van der Waals surface area contributed by atoms with E-state index in [1.165, 1.54) is 0 Å². The third-order valence-electron chi connectivity index (χ3n) is 1.98. The molecule has 0 atom stereocenters.